The summed E-state index contributed by atoms with van der Waals surface area (Å²) in [6, 6.07) is 2.43. The first-order chi connectivity index (χ1) is 19.2. The smallest absolute Gasteiger partial charge is 0.327 e. The van der Waals surface area contributed by atoms with Crippen molar-refractivity contribution in [1.29, 1.82) is 5.26 Å². The summed E-state index contributed by atoms with van der Waals surface area (Å²) >= 11 is 1.43. The predicted octanol–water partition coefficient (Wildman–Crippen LogP) is 3.21. The molecule has 5 rings (SSSR count). The van der Waals surface area contributed by atoms with E-state index in [1.165, 1.54) is 15.9 Å². The van der Waals surface area contributed by atoms with Crippen LogP contribution in [0, 0.1) is 17.2 Å². The van der Waals surface area contributed by atoms with Crippen LogP contribution in [0.1, 0.15) is 78.5 Å². The number of carbonyl (C=O) groups is 1. The van der Waals surface area contributed by atoms with Gasteiger partial charge in [-0.25, -0.2) is 9.78 Å². The number of anilines is 1. The molecule has 4 heterocycles. The van der Waals surface area contributed by atoms with Gasteiger partial charge in [0.2, 0.25) is 17.5 Å². The summed E-state index contributed by atoms with van der Waals surface area (Å²) in [5.74, 6) is -0.135. The fraction of sp³-hybridized carbons (Fsp3) is 0.536. The summed E-state index contributed by atoms with van der Waals surface area (Å²) in [5.41, 5.74) is 15.4. The average molecular weight is 565 g/mol. The first-order valence-electron chi connectivity index (χ1n) is 13.8. The third kappa shape index (κ3) is 4.77. The Bertz CT molecular complexity index is 1580. The summed E-state index contributed by atoms with van der Waals surface area (Å²) < 4.78 is 7.60. The standard InChI is InChI=1S/C28H36N8O3S/c1-5-7-16(21(30)15-8-6-9-19-20(15)17(12-29)24(31)40-19)23(37)26-32-25-22(36(4)28(38)34-25)27(33-26)39-13-18-14(2)10-11-35(18)3/h14-15,18H,5-11,13,30-31H2,1-4H3,(H,32,33,34,38)/b21-16-. The Morgan fingerprint density at radius 2 is 2.08 bits per heavy atom. The Hall–Kier alpha value is -3.69. The van der Waals surface area contributed by atoms with Crippen LogP contribution in [-0.2, 0) is 13.5 Å². The minimum absolute atomic E-state index is 0.0788. The number of rotatable bonds is 8. The number of likely N-dealkylation sites (tertiary alicyclic amines) is 1. The van der Waals surface area contributed by atoms with Crippen LogP contribution in [0.2, 0.25) is 0 Å². The number of aromatic nitrogens is 4. The van der Waals surface area contributed by atoms with Crippen molar-refractivity contribution in [3.05, 3.63) is 43.6 Å². The zero-order valence-electron chi connectivity index (χ0n) is 23.4. The topological polar surface area (TPSA) is 169 Å². The lowest BCUT2D eigenvalue weighted by molar-refractivity contribution is 0.101. The van der Waals surface area contributed by atoms with Crippen LogP contribution in [0.4, 0.5) is 5.00 Å². The number of allylic oxidation sites excluding steroid dienone is 2. The number of ketones is 1. The number of aromatic amines is 1. The minimum Gasteiger partial charge on any atom is -0.474 e. The molecule has 2 aliphatic rings. The van der Waals surface area contributed by atoms with E-state index in [2.05, 4.69) is 39.9 Å². The van der Waals surface area contributed by atoms with E-state index in [1.807, 2.05) is 6.92 Å². The van der Waals surface area contributed by atoms with Gasteiger partial charge < -0.3 is 16.2 Å². The molecule has 0 spiro atoms. The van der Waals surface area contributed by atoms with Gasteiger partial charge in [0.05, 0.1) is 5.56 Å². The average Bonchev–Trinajstić information content (AvgIpc) is 3.55. The molecule has 3 aromatic heterocycles. The second-order valence-electron chi connectivity index (χ2n) is 10.9. The number of carbonyl (C=O) groups excluding carboxylic acids is 1. The molecule has 1 aliphatic heterocycles. The summed E-state index contributed by atoms with van der Waals surface area (Å²) in [6.45, 7) is 5.52. The maximum atomic E-state index is 14.0. The number of fused-ring (bicyclic) bond motifs is 2. The molecule has 1 saturated heterocycles. The number of H-pyrrole nitrogens is 1. The second kappa shape index (κ2) is 11.1. The van der Waals surface area contributed by atoms with Crippen LogP contribution < -0.4 is 21.9 Å². The van der Waals surface area contributed by atoms with Gasteiger partial charge in [-0.3, -0.25) is 19.2 Å². The second-order valence-corrected chi connectivity index (χ2v) is 12.0. The quantitative estimate of drug-likeness (QED) is 0.275. The molecule has 3 aromatic rings. The summed E-state index contributed by atoms with van der Waals surface area (Å²) in [7, 11) is 3.68. The van der Waals surface area contributed by atoms with Gasteiger partial charge in [-0.1, -0.05) is 20.3 Å². The van der Waals surface area contributed by atoms with E-state index in [9.17, 15) is 14.9 Å². The van der Waals surface area contributed by atoms with E-state index < -0.39 is 5.78 Å². The lowest BCUT2D eigenvalue weighted by Gasteiger charge is -2.25. The molecule has 0 aromatic carbocycles. The van der Waals surface area contributed by atoms with E-state index in [0.29, 0.717) is 52.7 Å². The Morgan fingerprint density at radius 3 is 2.75 bits per heavy atom. The Labute approximate surface area is 236 Å². The number of nitriles is 1. The van der Waals surface area contributed by atoms with E-state index >= 15 is 0 Å². The van der Waals surface area contributed by atoms with Gasteiger partial charge >= 0.3 is 5.69 Å². The van der Waals surface area contributed by atoms with Gasteiger partial charge in [-0.2, -0.15) is 10.2 Å². The van der Waals surface area contributed by atoms with Crippen LogP contribution in [0.15, 0.2) is 16.1 Å². The maximum absolute atomic E-state index is 14.0. The number of ether oxygens (including phenoxy) is 1. The van der Waals surface area contributed by atoms with Crippen LogP contribution in [0.5, 0.6) is 5.88 Å². The molecule has 1 aliphatic carbocycles. The van der Waals surface area contributed by atoms with Crippen molar-refractivity contribution in [2.45, 2.75) is 64.3 Å². The molecule has 0 radical (unpaired) electrons. The summed E-state index contributed by atoms with van der Waals surface area (Å²) in [5, 5.41) is 10.3. The number of thiophene rings is 1. The largest absolute Gasteiger partial charge is 0.474 e. The molecule has 0 amide bonds. The van der Waals surface area contributed by atoms with Gasteiger partial charge in [-0.05, 0) is 57.2 Å². The highest BCUT2D eigenvalue weighted by atomic mass is 32.1. The summed E-state index contributed by atoms with van der Waals surface area (Å²) in [6.07, 6.45) is 4.62. The fourth-order valence-corrected chi connectivity index (χ4v) is 7.18. The Morgan fingerprint density at radius 1 is 1.30 bits per heavy atom. The highest BCUT2D eigenvalue weighted by molar-refractivity contribution is 7.16. The van der Waals surface area contributed by atoms with E-state index in [4.69, 9.17) is 16.2 Å². The number of Topliss-reactive ketones (excluding diaryl/α,β-unsaturated/α-hetero) is 1. The lowest BCUT2D eigenvalue weighted by atomic mass is 9.80. The molecule has 11 nitrogen and oxygen atoms in total. The van der Waals surface area contributed by atoms with Gasteiger partial charge in [0, 0.05) is 35.2 Å². The number of nitrogens with zero attached hydrogens (tertiary/aromatic N) is 5. The molecule has 40 heavy (non-hydrogen) atoms. The number of likely N-dealkylation sites (N-methyl/N-ethyl adjacent to an activating group) is 1. The highest BCUT2D eigenvalue weighted by Crippen LogP contribution is 2.45. The number of aryl methyl sites for hydroxylation is 2. The van der Waals surface area contributed by atoms with Crippen LogP contribution in [-0.4, -0.2) is 56.4 Å². The first-order valence-corrected chi connectivity index (χ1v) is 14.6. The van der Waals surface area contributed by atoms with Gasteiger partial charge in [-0.15, -0.1) is 11.3 Å². The van der Waals surface area contributed by atoms with Gasteiger partial charge in [0.25, 0.3) is 0 Å². The van der Waals surface area contributed by atoms with E-state index in [0.717, 1.165) is 42.7 Å². The third-order valence-electron chi connectivity index (χ3n) is 8.38. The fourth-order valence-electron chi connectivity index (χ4n) is 6.06. The number of hydrogen-bond donors (Lipinski definition) is 3. The minimum atomic E-state index is -0.406. The van der Waals surface area contributed by atoms with E-state index in [-0.39, 0.29) is 35.0 Å². The van der Waals surface area contributed by atoms with Crippen LogP contribution in [0.3, 0.4) is 0 Å². The molecule has 3 unspecified atom stereocenters. The molecule has 12 heteroatoms. The molecular formula is C28H36N8O3S. The lowest BCUT2D eigenvalue weighted by Crippen LogP contribution is -2.34. The number of nitrogens with one attached hydrogen (secondary N) is 1. The van der Waals surface area contributed by atoms with Crippen molar-refractivity contribution in [1.82, 2.24) is 24.4 Å². The maximum Gasteiger partial charge on any atom is 0.327 e. The Balaban J connectivity index is 1.57. The number of imidazole rings is 1. The normalized spacial score (nSPS) is 21.7. The van der Waals surface area contributed by atoms with Gasteiger partial charge in [0.15, 0.2) is 11.2 Å². The molecule has 3 atom stereocenters. The number of nitrogens with two attached hydrogens (primary N) is 2. The molecular weight excluding hydrogens is 528 g/mol. The van der Waals surface area contributed by atoms with Crippen LogP contribution in [0.25, 0.3) is 11.2 Å². The van der Waals surface area contributed by atoms with Crippen molar-refractivity contribution >= 4 is 33.3 Å². The summed E-state index contributed by atoms with van der Waals surface area (Å²) in [4.78, 5) is 41.6. The van der Waals surface area contributed by atoms with E-state index in [1.54, 1.807) is 7.05 Å². The SMILES string of the molecule is CCC/C(C(=O)c1nc(OCC2C(C)CCN2C)c2c(n1)[nH]c(=O)n2C)=C(/N)C1CCCc2sc(N)c(C#N)c21. The molecule has 0 saturated carbocycles. The van der Waals surface area contributed by atoms with Crippen molar-refractivity contribution in [2.24, 2.45) is 18.7 Å². The van der Waals surface area contributed by atoms with Crippen LogP contribution >= 0.6 is 11.3 Å². The zero-order chi connectivity index (χ0) is 28.7. The monoisotopic (exact) mass is 564 g/mol. The third-order valence-corrected chi connectivity index (χ3v) is 9.47. The molecule has 0 bridgehead atoms. The number of nitrogen functional groups attached to an aromatic ring is 1. The van der Waals surface area contributed by atoms with Crippen molar-refractivity contribution in [2.75, 3.05) is 25.9 Å². The van der Waals surface area contributed by atoms with Crippen molar-refractivity contribution in [3.63, 3.8) is 0 Å². The molecule has 212 valence electrons. The molecule has 1 fully saturated rings. The molecule has 5 N–H and O–H groups in total. The zero-order valence-corrected chi connectivity index (χ0v) is 24.2. The highest BCUT2D eigenvalue weighted by Gasteiger charge is 2.33. The van der Waals surface area contributed by atoms with Crippen molar-refractivity contribution in [3.8, 4) is 11.9 Å². The predicted molar refractivity (Wildman–Crippen MR) is 154 cm³/mol. The number of hydrogen-bond acceptors (Lipinski definition) is 10. The Kier molecular flexibility index (Phi) is 7.70. The van der Waals surface area contributed by atoms with Crippen molar-refractivity contribution < 1.29 is 9.53 Å². The first kappa shape index (κ1) is 27.9. The van der Waals surface area contributed by atoms with Gasteiger partial charge in [0.1, 0.15) is 17.7 Å².